The molecule has 0 aromatic heterocycles. The van der Waals surface area contributed by atoms with Crippen LogP contribution in [0.1, 0.15) is 102 Å². The van der Waals surface area contributed by atoms with Crippen LogP contribution in [0.3, 0.4) is 0 Å². The molecule has 3 aromatic carbocycles. The van der Waals surface area contributed by atoms with Crippen LogP contribution in [-0.4, -0.2) is 20.6 Å². The maximum Gasteiger partial charge on any atom is 0.335 e. The van der Waals surface area contributed by atoms with Crippen molar-refractivity contribution in [2.45, 2.75) is 90.6 Å². The van der Waals surface area contributed by atoms with Crippen molar-refractivity contribution < 1.29 is 24.2 Å². The SMILES string of the molecule is CCCCCC(C(=O)OC(c1ccccc1)(c1ccccc1)c1ccccc1)=C(CCCC)CCCC.OP(O)O. The zero-order chi connectivity index (χ0) is 29.9. The molecule has 222 valence electrons. The number of ether oxygens (including phenoxy) is 1. The summed E-state index contributed by atoms with van der Waals surface area (Å²) in [6.07, 6.45) is 10.4. The number of benzene rings is 3. The van der Waals surface area contributed by atoms with Crippen LogP contribution in [0.5, 0.6) is 0 Å². The minimum Gasteiger partial charge on any atom is -0.441 e. The molecule has 41 heavy (non-hydrogen) atoms. The molecule has 0 aliphatic rings. The number of hydrogen-bond acceptors (Lipinski definition) is 5. The summed E-state index contributed by atoms with van der Waals surface area (Å²) in [6, 6.07) is 30.6. The molecule has 0 unspecified atom stereocenters. The largest absolute Gasteiger partial charge is 0.441 e. The molecular formula is C35H47O5P. The Morgan fingerprint density at radius 3 is 1.32 bits per heavy atom. The Labute approximate surface area is 247 Å². The number of carbonyl (C=O) groups is 1. The van der Waals surface area contributed by atoms with Crippen LogP contribution in [0.25, 0.3) is 0 Å². The van der Waals surface area contributed by atoms with E-state index in [-0.39, 0.29) is 5.97 Å². The molecule has 3 N–H and O–H groups in total. The average Bonchev–Trinajstić information content (AvgIpc) is 2.99. The molecule has 0 spiro atoms. The zero-order valence-electron chi connectivity index (χ0n) is 24.8. The minimum atomic E-state index is -2.62. The number of hydrogen-bond donors (Lipinski definition) is 3. The number of esters is 1. The van der Waals surface area contributed by atoms with Crippen molar-refractivity contribution in [1.29, 1.82) is 0 Å². The van der Waals surface area contributed by atoms with E-state index in [4.69, 9.17) is 19.4 Å². The first-order valence-electron chi connectivity index (χ1n) is 14.9. The van der Waals surface area contributed by atoms with Crippen LogP contribution in [0.4, 0.5) is 0 Å². The summed E-state index contributed by atoms with van der Waals surface area (Å²) < 4.78 is 6.83. The Morgan fingerprint density at radius 2 is 0.976 bits per heavy atom. The van der Waals surface area contributed by atoms with Crippen LogP contribution in [0.2, 0.25) is 0 Å². The highest BCUT2D eigenvalue weighted by Gasteiger charge is 2.41. The summed E-state index contributed by atoms with van der Waals surface area (Å²) in [5.74, 6) is -0.171. The van der Waals surface area contributed by atoms with Crippen LogP contribution in [0, 0.1) is 0 Å². The maximum absolute atomic E-state index is 14.4. The fraction of sp³-hybridized carbons (Fsp3) is 0.400. The van der Waals surface area contributed by atoms with E-state index in [0.717, 1.165) is 86.5 Å². The second-order valence-electron chi connectivity index (χ2n) is 10.2. The molecule has 0 radical (unpaired) electrons. The summed E-state index contributed by atoms with van der Waals surface area (Å²) in [6.45, 7) is 6.65. The number of allylic oxidation sites excluding steroid dienone is 1. The molecule has 0 heterocycles. The lowest BCUT2D eigenvalue weighted by atomic mass is 9.80. The summed E-state index contributed by atoms with van der Waals surface area (Å²) in [7, 11) is -2.62. The second kappa shape index (κ2) is 19.3. The van der Waals surface area contributed by atoms with Gasteiger partial charge in [-0.05, 0) is 38.5 Å². The highest BCUT2D eigenvalue weighted by molar-refractivity contribution is 7.38. The van der Waals surface area contributed by atoms with E-state index in [1.807, 2.05) is 54.6 Å². The van der Waals surface area contributed by atoms with Gasteiger partial charge in [0.25, 0.3) is 0 Å². The molecule has 5 nitrogen and oxygen atoms in total. The van der Waals surface area contributed by atoms with Gasteiger partial charge in [-0.15, -0.1) is 0 Å². The minimum absolute atomic E-state index is 0.171. The summed E-state index contributed by atoms with van der Waals surface area (Å²) in [5.41, 5.74) is 4.04. The molecule has 0 saturated carbocycles. The van der Waals surface area contributed by atoms with Crippen LogP contribution < -0.4 is 0 Å². The van der Waals surface area contributed by atoms with E-state index >= 15 is 0 Å². The standard InChI is InChI=1S/C35H44O2.H3O3P/c1-4-7-13-28-33(29(20-8-5-2)21-9-6-3)34(36)37-35(30-22-14-10-15-23-30,31-24-16-11-17-25-31)32-26-18-12-19-27-32;1-4(2)3/h10-12,14-19,22-27H,4-9,13,20-21,28H2,1-3H3;1-3H. The van der Waals surface area contributed by atoms with Gasteiger partial charge in [0.05, 0.1) is 0 Å². The molecule has 3 rings (SSSR count). The van der Waals surface area contributed by atoms with Gasteiger partial charge in [0.2, 0.25) is 0 Å². The quantitative estimate of drug-likeness (QED) is 0.0551. The molecule has 0 atom stereocenters. The van der Waals surface area contributed by atoms with Crippen molar-refractivity contribution in [1.82, 2.24) is 0 Å². The second-order valence-corrected chi connectivity index (χ2v) is 10.7. The van der Waals surface area contributed by atoms with Gasteiger partial charge in [-0.25, -0.2) is 4.79 Å². The molecule has 0 saturated heterocycles. The van der Waals surface area contributed by atoms with Gasteiger partial charge in [-0.3, -0.25) is 0 Å². The third kappa shape index (κ3) is 10.8. The fourth-order valence-electron chi connectivity index (χ4n) is 5.08. The fourth-order valence-corrected chi connectivity index (χ4v) is 5.08. The molecular weight excluding hydrogens is 531 g/mol. The van der Waals surface area contributed by atoms with Crippen molar-refractivity contribution in [3.63, 3.8) is 0 Å². The van der Waals surface area contributed by atoms with E-state index in [0.29, 0.717) is 0 Å². The van der Waals surface area contributed by atoms with Crippen molar-refractivity contribution in [2.24, 2.45) is 0 Å². The van der Waals surface area contributed by atoms with Crippen LogP contribution in [0.15, 0.2) is 102 Å². The van der Waals surface area contributed by atoms with E-state index in [2.05, 4.69) is 57.2 Å². The lowest BCUT2D eigenvalue weighted by molar-refractivity contribution is -0.149. The number of rotatable bonds is 15. The lowest BCUT2D eigenvalue weighted by Crippen LogP contribution is -2.36. The Bertz CT molecular complexity index is 1040. The van der Waals surface area contributed by atoms with E-state index in [1.54, 1.807) is 0 Å². The first-order valence-corrected chi connectivity index (χ1v) is 16.1. The van der Waals surface area contributed by atoms with E-state index < -0.39 is 14.2 Å². The molecule has 3 aromatic rings. The highest BCUT2D eigenvalue weighted by atomic mass is 31.2. The van der Waals surface area contributed by atoms with Crippen molar-refractivity contribution in [3.8, 4) is 0 Å². The van der Waals surface area contributed by atoms with Crippen molar-refractivity contribution in [2.75, 3.05) is 0 Å². The molecule has 0 amide bonds. The van der Waals surface area contributed by atoms with Gasteiger partial charge >= 0.3 is 14.6 Å². The molecule has 0 bridgehead atoms. The molecule has 0 aliphatic heterocycles. The Morgan fingerprint density at radius 1 is 0.610 bits per heavy atom. The summed E-state index contributed by atoms with van der Waals surface area (Å²) in [4.78, 5) is 36.1. The first kappa shape index (κ1) is 34.4. The molecule has 0 aliphatic carbocycles. The third-order valence-corrected chi connectivity index (χ3v) is 7.15. The van der Waals surface area contributed by atoms with Crippen molar-refractivity contribution in [3.05, 3.63) is 119 Å². The zero-order valence-corrected chi connectivity index (χ0v) is 25.7. The Balaban J connectivity index is 0.00000138. The Hall–Kier alpha value is -2.82. The third-order valence-electron chi connectivity index (χ3n) is 7.15. The summed E-state index contributed by atoms with van der Waals surface area (Å²) >= 11 is 0. The monoisotopic (exact) mass is 578 g/mol. The smallest absolute Gasteiger partial charge is 0.335 e. The number of unbranched alkanes of at least 4 members (excludes halogenated alkanes) is 4. The van der Waals surface area contributed by atoms with Crippen LogP contribution >= 0.6 is 8.60 Å². The van der Waals surface area contributed by atoms with Gasteiger partial charge in [0.15, 0.2) is 5.60 Å². The lowest BCUT2D eigenvalue weighted by Gasteiger charge is -2.36. The normalized spacial score (nSPS) is 11.0. The number of carbonyl (C=O) groups excluding carboxylic acids is 1. The first-order chi connectivity index (χ1) is 19.9. The maximum atomic E-state index is 14.4. The van der Waals surface area contributed by atoms with Gasteiger partial charge in [0.1, 0.15) is 0 Å². The summed E-state index contributed by atoms with van der Waals surface area (Å²) in [5, 5.41) is 0. The van der Waals surface area contributed by atoms with Gasteiger partial charge in [0, 0.05) is 22.3 Å². The van der Waals surface area contributed by atoms with Crippen LogP contribution in [-0.2, 0) is 15.1 Å². The predicted octanol–water partition coefficient (Wildman–Crippen LogP) is 8.97. The van der Waals surface area contributed by atoms with Gasteiger partial charge in [-0.2, -0.15) is 0 Å². The van der Waals surface area contributed by atoms with E-state index in [1.165, 1.54) is 5.57 Å². The van der Waals surface area contributed by atoms with E-state index in [9.17, 15) is 4.79 Å². The van der Waals surface area contributed by atoms with Gasteiger partial charge in [-0.1, -0.05) is 143 Å². The van der Waals surface area contributed by atoms with Crippen molar-refractivity contribution >= 4 is 14.6 Å². The van der Waals surface area contributed by atoms with Gasteiger partial charge < -0.3 is 19.4 Å². The molecule has 0 fully saturated rings. The Kier molecular flexibility index (Phi) is 16.2. The highest BCUT2D eigenvalue weighted by Crippen LogP contribution is 2.41. The molecule has 6 heteroatoms. The predicted molar refractivity (Wildman–Crippen MR) is 169 cm³/mol. The topological polar surface area (TPSA) is 87.0 Å². The average molecular weight is 579 g/mol.